The van der Waals surface area contributed by atoms with Crippen molar-refractivity contribution in [1.82, 2.24) is 20.9 Å². The van der Waals surface area contributed by atoms with Crippen molar-refractivity contribution in [2.45, 2.75) is 50.4 Å². The number of rotatable bonds is 9. The third-order valence-corrected chi connectivity index (χ3v) is 7.81. The van der Waals surface area contributed by atoms with E-state index in [0.717, 1.165) is 21.6 Å². The molecule has 4 N–H and O–H groups in total. The van der Waals surface area contributed by atoms with Gasteiger partial charge < -0.3 is 30.7 Å². The SMILES string of the molecule is CNCCC[C@@H]1NC(=O)[C@@H](NC)Cc2cc(ccc2OCc2ccccc2)-c2ccc(F)c(c2)C[C@@H](C(=O)O)N(C)C1=O. The average molecular weight is 591 g/mol. The number of amides is 2. The number of aliphatic carboxylic acids is 1. The Labute approximate surface area is 251 Å². The van der Waals surface area contributed by atoms with Gasteiger partial charge in [0, 0.05) is 19.9 Å². The van der Waals surface area contributed by atoms with Crippen LogP contribution in [0.4, 0.5) is 4.39 Å². The Bertz CT molecular complexity index is 1430. The van der Waals surface area contributed by atoms with E-state index in [4.69, 9.17) is 4.74 Å². The van der Waals surface area contributed by atoms with Gasteiger partial charge in [-0.1, -0.05) is 42.5 Å². The van der Waals surface area contributed by atoms with Crippen LogP contribution in [0.25, 0.3) is 11.1 Å². The van der Waals surface area contributed by atoms with Crippen LogP contribution in [0.15, 0.2) is 66.7 Å². The fourth-order valence-electron chi connectivity index (χ4n) is 5.26. The molecule has 3 aromatic rings. The first-order chi connectivity index (χ1) is 20.7. The van der Waals surface area contributed by atoms with E-state index in [-0.39, 0.29) is 18.4 Å². The summed E-state index contributed by atoms with van der Waals surface area (Å²) in [5, 5.41) is 19.0. The number of benzene rings is 3. The van der Waals surface area contributed by atoms with Crippen molar-refractivity contribution >= 4 is 17.8 Å². The van der Waals surface area contributed by atoms with Gasteiger partial charge in [-0.2, -0.15) is 0 Å². The molecule has 10 heteroatoms. The molecule has 1 aliphatic rings. The number of hydrogen-bond donors (Lipinski definition) is 4. The number of nitrogens with one attached hydrogen (secondary N) is 3. The molecule has 3 atom stereocenters. The molecule has 2 amide bonds. The van der Waals surface area contributed by atoms with E-state index in [2.05, 4.69) is 16.0 Å². The number of ether oxygens (including phenoxy) is 1. The van der Waals surface area contributed by atoms with Crippen molar-refractivity contribution in [1.29, 1.82) is 0 Å². The highest BCUT2D eigenvalue weighted by Gasteiger charge is 2.34. The van der Waals surface area contributed by atoms with Gasteiger partial charge in [-0.15, -0.1) is 0 Å². The number of carboxylic acid groups (broad SMARTS) is 1. The summed E-state index contributed by atoms with van der Waals surface area (Å²) in [5.41, 5.74) is 3.35. The van der Waals surface area contributed by atoms with Crippen molar-refractivity contribution in [2.24, 2.45) is 0 Å². The van der Waals surface area contributed by atoms with Gasteiger partial charge in [0.25, 0.3) is 0 Å². The van der Waals surface area contributed by atoms with Crippen molar-refractivity contribution in [2.75, 3.05) is 27.7 Å². The molecule has 0 unspecified atom stereocenters. The molecule has 43 heavy (non-hydrogen) atoms. The van der Waals surface area contributed by atoms with Gasteiger partial charge in [-0.3, -0.25) is 9.59 Å². The summed E-state index contributed by atoms with van der Waals surface area (Å²) in [6.45, 7) is 0.934. The van der Waals surface area contributed by atoms with Crippen LogP contribution < -0.4 is 20.7 Å². The predicted octanol–water partition coefficient (Wildman–Crippen LogP) is 3.15. The van der Waals surface area contributed by atoms with Gasteiger partial charge in [-0.05, 0) is 85.6 Å². The minimum atomic E-state index is -1.34. The molecule has 228 valence electrons. The summed E-state index contributed by atoms with van der Waals surface area (Å²) in [4.78, 5) is 40.7. The van der Waals surface area contributed by atoms with Crippen molar-refractivity contribution in [3.8, 4) is 16.9 Å². The van der Waals surface area contributed by atoms with E-state index in [1.165, 1.54) is 13.1 Å². The summed E-state index contributed by atoms with van der Waals surface area (Å²) in [6.07, 6.45) is 0.876. The summed E-state index contributed by atoms with van der Waals surface area (Å²) < 4.78 is 21.2. The minimum Gasteiger partial charge on any atom is -0.489 e. The lowest BCUT2D eigenvalue weighted by Gasteiger charge is -2.30. The van der Waals surface area contributed by atoms with E-state index in [1.807, 2.05) is 48.5 Å². The van der Waals surface area contributed by atoms with Crippen molar-refractivity contribution in [3.05, 3.63) is 89.2 Å². The van der Waals surface area contributed by atoms with Crippen LogP contribution in [0.1, 0.15) is 29.5 Å². The van der Waals surface area contributed by atoms with Gasteiger partial charge in [0.05, 0.1) is 6.04 Å². The first-order valence-corrected chi connectivity index (χ1v) is 14.4. The maximum atomic E-state index is 15.0. The Hall–Kier alpha value is -4.28. The molecule has 0 saturated heterocycles. The summed E-state index contributed by atoms with van der Waals surface area (Å²) in [5.74, 6) is -2.17. The number of carboxylic acids is 1. The van der Waals surface area contributed by atoms with Gasteiger partial charge in [-0.25, -0.2) is 9.18 Å². The first kappa shape index (κ1) is 31.7. The zero-order chi connectivity index (χ0) is 30.9. The molecule has 9 nitrogen and oxygen atoms in total. The number of carbonyl (C=O) groups is 3. The Balaban J connectivity index is 1.79. The largest absolute Gasteiger partial charge is 0.489 e. The number of hydrogen-bond acceptors (Lipinski definition) is 6. The molecule has 1 aliphatic heterocycles. The van der Waals surface area contributed by atoms with Crippen LogP contribution in [0.3, 0.4) is 0 Å². The lowest BCUT2D eigenvalue weighted by molar-refractivity contribution is -0.150. The Kier molecular flexibility index (Phi) is 10.9. The lowest BCUT2D eigenvalue weighted by Crippen LogP contribution is -2.56. The van der Waals surface area contributed by atoms with E-state index in [1.54, 1.807) is 26.2 Å². The van der Waals surface area contributed by atoms with E-state index >= 15 is 4.39 Å². The summed E-state index contributed by atoms with van der Waals surface area (Å²) >= 11 is 0. The molecule has 0 fully saturated rings. The zero-order valence-electron chi connectivity index (χ0n) is 24.7. The van der Waals surface area contributed by atoms with Crippen LogP contribution in [0.5, 0.6) is 5.75 Å². The summed E-state index contributed by atoms with van der Waals surface area (Å²) in [6, 6.07) is 16.9. The maximum Gasteiger partial charge on any atom is 0.326 e. The molecule has 0 radical (unpaired) electrons. The van der Waals surface area contributed by atoms with Gasteiger partial charge in [0.15, 0.2) is 0 Å². The van der Waals surface area contributed by atoms with Crippen molar-refractivity contribution in [3.63, 3.8) is 0 Å². The smallest absolute Gasteiger partial charge is 0.326 e. The number of fused-ring (bicyclic) bond motifs is 5. The van der Waals surface area contributed by atoms with Crippen LogP contribution in [0.2, 0.25) is 0 Å². The third kappa shape index (κ3) is 7.97. The van der Waals surface area contributed by atoms with Crippen LogP contribution in [-0.4, -0.2) is 73.6 Å². The molecule has 4 bridgehead atoms. The van der Waals surface area contributed by atoms with Crippen LogP contribution >= 0.6 is 0 Å². The molecule has 0 aliphatic carbocycles. The highest BCUT2D eigenvalue weighted by atomic mass is 19.1. The van der Waals surface area contributed by atoms with E-state index in [0.29, 0.717) is 37.3 Å². The molecule has 0 aromatic heterocycles. The Morgan fingerprint density at radius 3 is 2.40 bits per heavy atom. The molecule has 4 rings (SSSR count). The second-order valence-corrected chi connectivity index (χ2v) is 10.8. The molecule has 3 aromatic carbocycles. The predicted molar refractivity (Wildman–Crippen MR) is 162 cm³/mol. The van der Waals surface area contributed by atoms with Crippen LogP contribution in [0, 0.1) is 5.82 Å². The van der Waals surface area contributed by atoms with Gasteiger partial charge in [0.1, 0.15) is 30.3 Å². The lowest BCUT2D eigenvalue weighted by atomic mass is 9.95. The molecular formula is C33H39FN4O5. The Morgan fingerprint density at radius 2 is 1.72 bits per heavy atom. The quantitative estimate of drug-likeness (QED) is 0.283. The molecule has 0 saturated carbocycles. The standard InChI is InChI=1S/C33H39FN4O5/c1-35-15-7-10-27-32(40)38(3)29(33(41)42)19-24-16-22(11-13-26(24)34)23-12-14-30(43-20-21-8-5-4-6-9-21)25(17-23)18-28(36-2)31(39)37-27/h4-6,8-9,11-14,16-17,27-29,35-36H,7,10,15,18-20H2,1-3H3,(H,37,39)(H,41,42)/t27-,28-,29-/m0/s1. The Morgan fingerprint density at radius 1 is 1.02 bits per heavy atom. The minimum absolute atomic E-state index is 0.175. The fourth-order valence-corrected chi connectivity index (χ4v) is 5.26. The highest BCUT2D eigenvalue weighted by Crippen LogP contribution is 2.30. The molecular weight excluding hydrogens is 551 g/mol. The second-order valence-electron chi connectivity index (χ2n) is 10.8. The van der Waals surface area contributed by atoms with Crippen LogP contribution in [-0.2, 0) is 33.8 Å². The zero-order valence-corrected chi connectivity index (χ0v) is 24.7. The second kappa shape index (κ2) is 14.8. The summed E-state index contributed by atoms with van der Waals surface area (Å²) in [7, 11) is 4.84. The molecule has 1 heterocycles. The number of likely N-dealkylation sites (N-methyl/N-ethyl adjacent to an activating group) is 2. The third-order valence-electron chi connectivity index (χ3n) is 7.81. The number of halogens is 1. The van der Waals surface area contributed by atoms with E-state index in [9.17, 15) is 19.5 Å². The monoisotopic (exact) mass is 590 g/mol. The fraction of sp³-hybridized carbons (Fsp3) is 0.364. The topological polar surface area (TPSA) is 120 Å². The van der Waals surface area contributed by atoms with Gasteiger partial charge in [0.2, 0.25) is 11.8 Å². The maximum absolute atomic E-state index is 15.0. The molecule has 0 spiro atoms. The average Bonchev–Trinajstić information content (AvgIpc) is 3.01. The first-order valence-electron chi connectivity index (χ1n) is 14.4. The highest BCUT2D eigenvalue weighted by molar-refractivity contribution is 5.92. The number of nitrogens with zero attached hydrogens (tertiary/aromatic N) is 1. The van der Waals surface area contributed by atoms with Crippen molar-refractivity contribution < 1.29 is 28.6 Å². The normalized spacial score (nSPS) is 19.3. The number of carbonyl (C=O) groups excluding carboxylic acids is 2. The van der Waals surface area contributed by atoms with Gasteiger partial charge >= 0.3 is 5.97 Å². The van der Waals surface area contributed by atoms with E-state index < -0.39 is 41.7 Å².